The molecule has 4 heteroatoms. The number of esters is 1. The second kappa shape index (κ2) is 4.99. The molecule has 0 fully saturated rings. The molecular formula is C9H16O4. The van der Waals surface area contributed by atoms with Crippen LogP contribution in [0.3, 0.4) is 0 Å². The summed E-state index contributed by atoms with van der Waals surface area (Å²) in [5.74, 6) is -2.40. The number of hydrogen-bond donors (Lipinski definition) is 2. The van der Waals surface area contributed by atoms with Crippen LogP contribution in [0.15, 0.2) is 12.7 Å². The van der Waals surface area contributed by atoms with Crippen molar-refractivity contribution in [2.24, 2.45) is 5.92 Å². The minimum absolute atomic E-state index is 0.120. The van der Waals surface area contributed by atoms with Crippen LogP contribution in [0.4, 0.5) is 0 Å². The molecule has 0 amide bonds. The third-order valence-electron chi connectivity index (χ3n) is 1.43. The Bertz CT molecular complexity index is 188. The Morgan fingerprint density at radius 1 is 1.69 bits per heavy atom. The Balaban J connectivity index is 4.26. The zero-order valence-electron chi connectivity index (χ0n) is 7.99. The van der Waals surface area contributed by atoms with Crippen molar-refractivity contribution in [3.63, 3.8) is 0 Å². The summed E-state index contributed by atoms with van der Waals surface area (Å²) in [7, 11) is 0. The summed E-state index contributed by atoms with van der Waals surface area (Å²) >= 11 is 0. The van der Waals surface area contributed by atoms with Gasteiger partial charge in [0.25, 0.3) is 0 Å². The minimum atomic E-state index is -1.78. The topological polar surface area (TPSA) is 66.8 Å². The Morgan fingerprint density at radius 3 is 2.54 bits per heavy atom. The van der Waals surface area contributed by atoms with Crippen molar-refractivity contribution < 1.29 is 19.7 Å². The van der Waals surface area contributed by atoms with Crippen LogP contribution in [0.1, 0.15) is 20.3 Å². The fourth-order valence-electron chi connectivity index (χ4n) is 1.01. The smallest absolute Gasteiger partial charge is 0.332 e. The molecule has 0 radical (unpaired) electrons. The summed E-state index contributed by atoms with van der Waals surface area (Å²) in [5.41, 5.74) is 0. The molecule has 0 saturated carbocycles. The number of ether oxygens (including phenoxy) is 1. The molecule has 1 unspecified atom stereocenters. The molecule has 76 valence electrons. The Hall–Kier alpha value is -0.870. The minimum Gasteiger partial charge on any atom is -0.428 e. The molecule has 0 aromatic rings. The summed E-state index contributed by atoms with van der Waals surface area (Å²) < 4.78 is 4.60. The van der Waals surface area contributed by atoms with Gasteiger partial charge in [-0.15, -0.1) is 0 Å². The van der Waals surface area contributed by atoms with E-state index in [9.17, 15) is 9.90 Å². The third kappa shape index (κ3) is 4.65. The quantitative estimate of drug-likeness (QED) is 0.373. The first-order valence-corrected chi connectivity index (χ1v) is 4.12. The van der Waals surface area contributed by atoms with Crippen LogP contribution in [0, 0.1) is 5.92 Å². The van der Waals surface area contributed by atoms with Gasteiger partial charge in [-0.3, -0.25) is 0 Å². The highest BCUT2D eigenvalue weighted by Crippen LogP contribution is 2.18. The molecule has 0 bridgehead atoms. The van der Waals surface area contributed by atoms with Crippen molar-refractivity contribution >= 4 is 5.97 Å². The fourth-order valence-corrected chi connectivity index (χ4v) is 1.01. The van der Waals surface area contributed by atoms with E-state index in [1.807, 2.05) is 13.8 Å². The normalized spacial score (nSPS) is 15.2. The van der Waals surface area contributed by atoms with Crippen LogP contribution < -0.4 is 0 Å². The highest BCUT2D eigenvalue weighted by Gasteiger charge is 2.30. The van der Waals surface area contributed by atoms with Crippen molar-refractivity contribution in [1.29, 1.82) is 0 Å². The Labute approximate surface area is 77.8 Å². The van der Waals surface area contributed by atoms with E-state index in [4.69, 9.17) is 5.11 Å². The lowest BCUT2D eigenvalue weighted by Gasteiger charge is -2.26. The number of rotatable bonds is 5. The summed E-state index contributed by atoms with van der Waals surface area (Å²) in [6, 6.07) is 0. The predicted molar refractivity (Wildman–Crippen MR) is 47.8 cm³/mol. The van der Waals surface area contributed by atoms with Gasteiger partial charge >= 0.3 is 5.97 Å². The fraction of sp³-hybridized carbons (Fsp3) is 0.667. The number of aliphatic hydroxyl groups is 2. The number of carbonyl (C=O) groups excluding carboxylic acids is 1. The molecule has 0 aliphatic rings. The van der Waals surface area contributed by atoms with E-state index in [-0.39, 0.29) is 12.3 Å². The first-order chi connectivity index (χ1) is 5.93. The van der Waals surface area contributed by atoms with Gasteiger partial charge < -0.3 is 14.9 Å². The first kappa shape index (κ1) is 12.1. The molecular weight excluding hydrogens is 172 g/mol. The van der Waals surface area contributed by atoms with Crippen molar-refractivity contribution in [3.05, 3.63) is 12.7 Å². The maximum Gasteiger partial charge on any atom is 0.332 e. The van der Waals surface area contributed by atoms with Crippen molar-refractivity contribution in [2.75, 3.05) is 6.61 Å². The predicted octanol–water partition coefficient (Wildman–Crippen LogP) is 0.443. The van der Waals surface area contributed by atoms with Crippen molar-refractivity contribution in [3.8, 4) is 0 Å². The SMILES string of the molecule is C=CC(=O)OC(O)(CO)CC(C)C. The van der Waals surface area contributed by atoms with Crippen LogP contribution in [0.25, 0.3) is 0 Å². The van der Waals surface area contributed by atoms with E-state index < -0.39 is 18.4 Å². The molecule has 2 N–H and O–H groups in total. The lowest BCUT2D eigenvalue weighted by Crippen LogP contribution is -2.39. The van der Waals surface area contributed by atoms with Gasteiger partial charge in [-0.25, -0.2) is 4.79 Å². The lowest BCUT2D eigenvalue weighted by molar-refractivity contribution is -0.224. The van der Waals surface area contributed by atoms with E-state index in [0.717, 1.165) is 6.08 Å². The van der Waals surface area contributed by atoms with Crippen molar-refractivity contribution in [2.45, 2.75) is 26.1 Å². The molecule has 0 aliphatic heterocycles. The van der Waals surface area contributed by atoms with Gasteiger partial charge in [0.15, 0.2) is 0 Å². The van der Waals surface area contributed by atoms with E-state index in [1.54, 1.807) is 0 Å². The molecule has 0 saturated heterocycles. The van der Waals surface area contributed by atoms with E-state index >= 15 is 0 Å². The van der Waals surface area contributed by atoms with Gasteiger partial charge in [-0.2, -0.15) is 0 Å². The van der Waals surface area contributed by atoms with Gasteiger partial charge in [0.05, 0.1) is 0 Å². The van der Waals surface area contributed by atoms with Gasteiger partial charge in [0.2, 0.25) is 5.79 Å². The van der Waals surface area contributed by atoms with Crippen molar-refractivity contribution in [1.82, 2.24) is 0 Å². The molecule has 0 heterocycles. The van der Waals surface area contributed by atoms with Gasteiger partial charge in [-0.1, -0.05) is 20.4 Å². The maximum atomic E-state index is 10.8. The Morgan fingerprint density at radius 2 is 2.23 bits per heavy atom. The van der Waals surface area contributed by atoms with Crippen LogP contribution >= 0.6 is 0 Å². The van der Waals surface area contributed by atoms with Gasteiger partial charge in [0, 0.05) is 12.5 Å². The average molecular weight is 188 g/mol. The van der Waals surface area contributed by atoms with Crippen LogP contribution in [-0.2, 0) is 9.53 Å². The number of carbonyl (C=O) groups is 1. The lowest BCUT2D eigenvalue weighted by atomic mass is 10.0. The summed E-state index contributed by atoms with van der Waals surface area (Å²) in [4.78, 5) is 10.8. The van der Waals surface area contributed by atoms with Gasteiger partial charge in [-0.05, 0) is 5.92 Å². The summed E-state index contributed by atoms with van der Waals surface area (Å²) in [6.45, 7) is 6.28. The molecule has 13 heavy (non-hydrogen) atoms. The monoisotopic (exact) mass is 188 g/mol. The summed E-state index contributed by atoms with van der Waals surface area (Å²) in [5, 5.41) is 18.4. The zero-order valence-corrected chi connectivity index (χ0v) is 7.99. The molecule has 0 aromatic heterocycles. The first-order valence-electron chi connectivity index (χ1n) is 4.12. The summed E-state index contributed by atoms with van der Waals surface area (Å²) in [6.07, 6.45) is 1.14. The van der Waals surface area contributed by atoms with E-state index in [0.29, 0.717) is 0 Å². The average Bonchev–Trinajstić information content (AvgIpc) is 2.02. The number of hydrogen-bond acceptors (Lipinski definition) is 4. The zero-order chi connectivity index (χ0) is 10.5. The standard InChI is InChI=1S/C9H16O4/c1-4-8(11)13-9(12,6-10)5-7(2)3/h4,7,10,12H,1,5-6H2,2-3H3. The molecule has 4 nitrogen and oxygen atoms in total. The van der Waals surface area contributed by atoms with Crippen LogP contribution in [-0.4, -0.2) is 28.6 Å². The second-order valence-corrected chi connectivity index (χ2v) is 3.33. The Kier molecular flexibility index (Phi) is 4.66. The highest BCUT2D eigenvalue weighted by molar-refractivity contribution is 5.81. The third-order valence-corrected chi connectivity index (χ3v) is 1.43. The molecule has 0 aromatic carbocycles. The van der Waals surface area contributed by atoms with Crippen LogP contribution in [0.5, 0.6) is 0 Å². The second-order valence-electron chi connectivity index (χ2n) is 3.33. The molecule has 0 spiro atoms. The van der Waals surface area contributed by atoms with Crippen LogP contribution in [0.2, 0.25) is 0 Å². The van der Waals surface area contributed by atoms with Gasteiger partial charge in [0.1, 0.15) is 6.61 Å². The molecule has 0 rings (SSSR count). The highest BCUT2D eigenvalue weighted by atomic mass is 16.7. The maximum absolute atomic E-state index is 10.8. The van der Waals surface area contributed by atoms with E-state index in [2.05, 4.69) is 11.3 Å². The number of aliphatic hydroxyl groups excluding tert-OH is 1. The van der Waals surface area contributed by atoms with E-state index in [1.165, 1.54) is 0 Å². The molecule has 0 aliphatic carbocycles. The molecule has 1 atom stereocenters. The largest absolute Gasteiger partial charge is 0.428 e.